The molecule has 2 aromatic heterocycles. The van der Waals surface area contributed by atoms with Crippen LogP contribution in [0.3, 0.4) is 0 Å². The number of hydrogen-bond donors (Lipinski definition) is 1. The summed E-state index contributed by atoms with van der Waals surface area (Å²) in [5, 5.41) is 3.76. The van der Waals surface area contributed by atoms with Crippen molar-refractivity contribution >= 4 is 11.5 Å². The van der Waals surface area contributed by atoms with Gasteiger partial charge in [0.25, 0.3) is 0 Å². The second kappa shape index (κ2) is 3.85. The van der Waals surface area contributed by atoms with Crippen LogP contribution in [-0.4, -0.2) is 19.1 Å². The lowest BCUT2D eigenvalue weighted by molar-refractivity contribution is 0.661. The van der Waals surface area contributed by atoms with Crippen molar-refractivity contribution in [3.05, 3.63) is 29.3 Å². The van der Waals surface area contributed by atoms with E-state index in [9.17, 15) is 0 Å². The lowest BCUT2D eigenvalue weighted by atomic mass is 10.2. The number of hydrogen-bond acceptors (Lipinski definition) is 5. The third-order valence-corrected chi connectivity index (χ3v) is 2.80. The van der Waals surface area contributed by atoms with Gasteiger partial charge in [0.05, 0.1) is 11.1 Å². The van der Waals surface area contributed by atoms with Crippen molar-refractivity contribution in [2.75, 3.05) is 0 Å². The normalized spacial score (nSPS) is 13.0. The fraction of sp³-hybridized carbons (Fsp3) is 0.375. The summed E-state index contributed by atoms with van der Waals surface area (Å²) < 4.78 is 5.80. The molecule has 14 heavy (non-hydrogen) atoms. The quantitative estimate of drug-likeness (QED) is 0.811. The molecular formula is C8H11N5S. The molecule has 2 heterocycles. The van der Waals surface area contributed by atoms with Crippen LogP contribution >= 0.6 is 11.5 Å². The Kier molecular flexibility index (Phi) is 2.55. The number of nitrogens with two attached hydrogens (primary N) is 1. The third-order valence-electron chi connectivity index (χ3n) is 2.05. The monoisotopic (exact) mass is 209 g/mol. The molecule has 74 valence electrons. The molecule has 0 saturated carbocycles. The summed E-state index contributed by atoms with van der Waals surface area (Å²) in [6, 6.07) is -0.218. The van der Waals surface area contributed by atoms with Gasteiger partial charge in [0.2, 0.25) is 0 Å². The smallest absolute Gasteiger partial charge is 0.131 e. The predicted molar refractivity (Wildman–Crippen MR) is 53.8 cm³/mol. The first kappa shape index (κ1) is 9.29. The summed E-state index contributed by atoms with van der Waals surface area (Å²) in [5.41, 5.74) is 6.03. The minimum Gasteiger partial charge on any atom is -0.334 e. The Bertz CT molecular complexity index is 394. The van der Waals surface area contributed by atoms with Gasteiger partial charge < -0.3 is 10.3 Å². The van der Waals surface area contributed by atoms with Crippen LogP contribution in [0.25, 0.3) is 0 Å². The molecule has 0 amide bonds. The molecule has 0 saturated heterocycles. The highest BCUT2D eigenvalue weighted by molar-refractivity contribution is 7.05. The average Bonchev–Trinajstić information content (AvgIpc) is 2.87. The van der Waals surface area contributed by atoms with Gasteiger partial charge in [-0.2, -0.15) is 0 Å². The lowest BCUT2D eigenvalue weighted by Gasteiger charge is -2.09. The number of rotatable bonds is 3. The van der Waals surface area contributed by atoms with Gasteiger partial charge in [-0.1, -0.05) is 4.49 Å². The highest BCUT2D eigenvalue weighted by atomic mass is 32.1. The molecule has 1 unspecified atom stereocenters. The van der Waals surface area contributed by atoms with Gasteiger partial charge in [0.1, 0.15) is 11.9 Å². The van der Waals surface area contributed by atoms with E-state index in [4.69, 9.17) is 5.73 Å². The summed E-state index contributed by atoms with van der Waals surface area (Å²) >= 11 is 1.31. The van der Waals surface area contributed by atoms with Crippen LogP contribution in [-0.2, 0) is 6.54 Å². The Balaban J connectivity index is 2.31. The zero-order valence-corrected chi connectivity index (χ0v) is 8.61. The second-order valence-electron chi connectivity index (χ2n) is 2.87. The first-order valence-electron chi connectivity index (χ1n) is 4.36. The second-order valence-corrected chi connectivity index (χ2v) is 3.69. The molecule has 5 nitrogen and oxygen atoms in total. The van der Waals surface area contributed by atoms with Crippen molar-refractivity contribution in [1.82, 2.24) is 19.1 Å². The van der Waals surface area contributed by atoms with Gasteiger partial charge in [-0.25, -0.2) is 4.98 Å². The SMILES string of the molecule is CCn1ccnc1C(N)c1cnns1. The highest BCUT2D eigenvalue weighted by Crippen LogP contribution is 2.19. The molecular weight excluding hydrogens is 198 g/mol. The minimum absolute atomic E-state index is 0.218. The first-order chi connectivity index (χ1) is 6.83. The van der Waals surface area contributed by atoms with Gasteiger partial charge in [-0.05, 0) is 18.5 Å². The summed E-state index contributed by atoms with van der Waals surface area (Å²) in [4.78, 5) is 5.17. The molecule has 0 aliphatic carbocycles. The van der Waals surface area contributed by atoms with E-state index in [1.165, 1.54) is 11.5 Å². The van der Waals surface area contributed by atoms with E-state index in [1.807, 2.05) is 10.8 Å². The Labute approximate surface area is 85.8 Å². The molecule has 6 heteroatoms. The van der Waals surface area contributed by atoms with E-state index in [0.29, 0.717) is 0 Å². The summed E-state index contributed by atoms with van der Waals surface area (Å²) in [7, 11) is 0. The molecule has 1 atom stereocenters. The summed E-state index contributed by atoms with van der Waals surface area (Å²) in [6.45, 7) is 2.93. The molecule has 0 aromatic carbocycles. The third kappa shape index (κ3) is 1.53. The molecule has 2 N–H and O–H groups in total. The molecule has 0 radical (unpaired) electrons. The molecule has 0 spiro atoms. The van der Waals surface area contributed by atoms with Crippen molar-refractivity contribution in [2.45, 2.75) is 19.5 Å². The van der Waals surface area contributed by atoms with E-state index in [1.54, 1.807) is 12.4 Å². The summed E-state index contributed by atoms with van der Waals surface area (Å²) in [5.74, 6) is 0.860. The largest absolute Gasteiger partial charge is 0.334 e. The van der Waals surface area contributed by atoms with Crippen molar-refractivity contribution in [1.29, 1.82) is 0 Å². The number of aromatic nitrogens is 4. The van der Waals surface area contributed by atoms with Crippen LogP contribution in [0, 0.1) is 0 Å². The maximum atomic E-state index is 6.03. The van der Waals surface area contributed by atoms with Gasteiger partial charge in [-0.15, -0.1) is 5.10 Å². The van der Waals surface area contributed by atoms with E-state index in [0.717, 1.165) is 17.2 Å². The average molecular weight is 209 g/mol. The molecule has 0 fully saturated rings. The van der Waals surface area contributed by atoms with Gasteiger partial charge >= 0.3 is 0 Å². The molecule has 0 bridgehead atoms. The van der Waals surface area contributed by atoms with E-state index in [-0.39, 0.29) is 6.04 Å². The van der Waals surface area contributed by atoms with E-state index in [2.05, 4.69) is 21.5 Å². The molecule has 2 aromatic rings. The van der Waals surface area contributed by atoms with Crippen LogP contribution in [0.5, 0.6) is 0 Å². The van der Waals surface area contributed by atoms with Crippen LogP contribution in [0.4, 0.5) is 0 Å². The predicted octanol–water partition coefficient (Wildman–Crippen LogP) is 0.803. The van der Waals surface area contributed by atoms with E-state index >= 15 is 0 Å². The fourth-order valence-electron chi connectivity index (χ4n) is 1.31. The van der Waals surface area contributed by atoms with Crippen molar-refractivity contribution in [3.8, 4) is 0 Å². The lowest BCUT2D eigenvalue weighted by Crippen LogP contribution is -2.16. The van der Waals surface area contributed by atoms with Crippen LogP contribution in [0.2, 0.25) is 0 Å². The van der Waals surface area contributed by atoms with Crippen molar-refractivity contribution < 1.29 is 0 Å². The summed E-state index contributed by atoms with van der Waals surface area (Å²) in [6.07, 6.45) is 5.36. The van der Waals surface area contributed by atoms with E-state index < -0.39 is 0 Å². The maximum Gasteiger partial charge on any atom is 0.131 e. The standard InChI is InChI=1S/C8H11N5S/c1-2-13-4-3-10-8(13)7(9)6-5-11-12-14-6/h3-5,7H,2,9H2,1H3. The van der Waals surface area contributed by atoms with Gasteiger partial charge in [-0.3, -0.25) is 0 Å². The Hall–Kier alpha value is -1.27. The minimum atomic E-state index is -0.218. The van der Waals surface area contributed by atoms with Crippen molar-refractivity contribution in [2.24, 2.45) is 5.73 Å². The number of imidazole rings is 1. The van der Waals surface area contributed by atoms with Crippen LogP contribution in [0.1, 0.15) is 23.7 Å². The number of nitrogens with zero attached hydrogens (tertiary/aromatic N) is 4. The van der Waals surface area contributed by atoms with Crippen LogP contribution in [0.15, 0.2) is 18.6 Å². The molecule has 2 rings (SSSR count). The Morgan fingerprint density at radius 2 is 2.50 bits per heavy atom. The van der Waals surface area contributed by atoms with Crippen LogP contribution < -0.4 is 5.73 Å². The first-order valence-corrected chi connectivity index (χ1v) is 5.14. The zero-order chi connectivity index (χ0) is 9.97. The molecule has 0 aliphatic rings. The van der Waals surface area contributed by atoms with Gasteiger partial charge in [0.15, 0.2) is 0 Å². The zero-order valence-electron chi connectivity index (χ0n) is 7.79. The fourth-order valence-corrected chi connectivity index (χ4v) is 1.81. The highest BCUT2D eigenvalue weighted by Gasteiger charge is 2.15. The van der Waals surface area contributed by atoms with Crippen molar-refractivity contribution in [3.63, 3.8) is 0 Å². The number of aryl methyl sites for hydroxylation is 1. The Morgan fingerprint density at radius 1 is 1.64 bits per heavy atom. The van der Waals surface area contributed by atoms with Gasteiger partial charge in [0, 0.05) is 18.9 Å². The topological polar surface area (TPSA) is 69.6 Å². The molecule has 0 aliphatic heterocycles. The Morgan fingerprint density at radius 3 is 3.14 bits per heavy atom. The maximum absolute atomic E-state index is 6.03.